The molecule has 1 aromatic rings. The molecule has 126 valence electrons. The van der Waals surface area contributed by atoms with Crippen LogP contribution in [0.1, 0.15) is 33.1 Å². The molecule has 0 radical (unpaired) electrons. The Morgan fingerprint density at radius 1 is 1.35 bits per heavy atom. The highest BCUT2D eigenvalue weighted by Gasteiger charge is 2.41. The van der Waals surface area contributed by atoms with Crippen molar-refractivity contribution in [2.45, 2.75) is 57.5 Å². The van der Waals surface area contributed by atoms with Crippen LogP contribution in [0.15, 0.2) is 35.3 Å². The average molecular weight is 317 g/mol. The van der Waals surface area contributed by atoms with Crippen LogP contribution in [0.3, 0.4) is 0 Å². The van der Waals surface area contributed by atoms with E-state index in [0.29, 0.717) is 24.8 Å². The first-order valence-electron chi connectivity index (χ1n) is 8.66. The summed E-state index contributed by atoms with van der Waals surface area (Å²) in [4.78, 5) is 4.67. The highest BCUT2D eigenvalue weighted by Crippen LogP contribution is 2.34. The quantitative estimate of drug-likeness (QED) is 0.624. The van der Waals surface area contributed by atoms with Crippen LogP contribution in [0.25, 0.3) is 0 Å². The van der Waals surface area contributed by atoms with E-state index in [9.17, 15) is 0 Å². The van der Waals surface area contributed by atoms with Gasteiger partial charge in [0.05, 0.1) is 24.8 Å². The van der Waals surface area contributed by atoms with E-state index < -0.39 is 0 Å². The molecule has 0 aliphatic carbocycles. The van der Waals surface area contributed by atoms with Gasteiger partial charge in [0, 0.05) is 6.54 Å². The summed E-state index contributed by atoms with van der Waals surface area (Å²) in [5, 5.41) is 6.84. The predicted molar refractivity (Wildman–Crippen MR) is 91.9 cm³/mol. The minimum atomic E-state index is 0.0316. The first kappa shape index (κ1) is 16.1. The van der Waals surface area contributed by atoms with Crippen LogP contribution in [-0.4, -0.2) is 43.4 Å². The summed E-state index contributed by atoms with van der Waals surface area (Å²) in [6.07, 6.45) is 4.28. The van der Waals surface area contributed by atoms with E-state index >= 15 is 0 Å². The normalized spacial score (nSPS) is 27.7. The third-order valence-corrected chi connectivity index (χ3v) is 4.36. The molecule has 2 aliphatic rings. The van der Waals surface area contributed by atoms with Gasteiger partial charge in [0.25, 0.3) is 0 Å². The first-order chi connectivity index (χ1) is 11.2. The molecule has 3 rings (SSSR count). The van der Waals surface area contributed by atoms with Crippen molar-refractivity contribution in [2.24, 2.45) is 4.99 Å². The predicted octanol–water partition coefficient (Wildman–Crippen LogP) is 2.33. The molecular weight excluding hydrogens is 290 g/mol. The molecule has 0 amide bonds. The lowest BCUT2D eigenvalue weighted by molar-refractivity contribution is 0.0992. The van der Waals surface area contributed by atoms with E-state index in [0.717, 1.165) is 31.1 Å². The lowest BCUT2D eigenvalue weighted by Crippen LogP contribution is -2.47. The lowest BCUT2D eigenvalue weighted by Gasteiger charge is -2.23. The van der Waals surface area contributed by atoms with Crippen LogP contribution in [0.4, 0.5) is 0 Å². The molecule has 1 aromatic carbocycles. The summed E-state index contributed by atoms with van der Waals surface area (Å²) in [6, 6.07) is 10.3. The number of rotatable bonds is 6. The third kappa shape index (κ3) is 4.38. The van der Waals surface area contributed by atoms with Crippen LogP contribution in [0, 0.1) is 0 Å². The van der Waals surface area contributed by atoms with Gasteiger partial charge in [-0.05, 0) is 45.2 Å². The number of benzene rings is 1. The maximum Gasteiger partial charge on any atom is 0.191 e. The molecule has 0 aromatic heterocycles. The molecule has 0 spiro atoms. The standard InChI is InChI=1S/C18H27N3O2/c1-3-19-18(21-16-11-15-9-10-17(16)23-15)20-12-13(2)22-14-7-5-4-6-8-14/h4-8,13,15-17H,3,9-12H2,1-2H3,(H2,19,20,21). The molecule has 2 bridgehead atoms. The van der Waals surface area contributed by atoms with E-state index in [-0.39, 0.29) is 6.10 Å². The summed E-state index contributed by atoms with van der Waals surface area (Å²) in [7, 11) is 0. The monoisotopic (exact) mass is 317 g/mol. The van der Waals surface area contributed by atoms with Gasteiger partial charge in [-0.15, -0.1) is 0 Å². The van der Waals surface area contributed by atoms with Gasteiger partial charge < -0.3 is 20.1 Å². The van der Waals surface area contributed by atoms with Crippen LogP contribution < -0.4 is 15.4 Å². The van der Waals surface area contributed by atoms with Crippen molar-refractivity contribution in [3.63, 3.8) is 0 Å². The van der Waals surface area contributed by atoms with Crippen LogP contribution in [0.2, 0.25) is 0 Å². The number of hydrogen-bond donors (Lipinski definition) is 2. The van der Waals surface area contributed by atoms with Gasteiger partial charge in [0.2, 0.25) is 0 Å². The fraction of sp³-hybridized carbons (Fsp3) is 0.611. The van der Waals surface area contributed by atoms with E-state index in [1.807, 2.05) is 37.3 Å². The number of fused-ring (bicyclic) bond motifs is 2. The number of nitrogens with zero attached hydrogens (tertiary/aromatic N) is 1. The molecule has 2 saturated heterocycles. The minimum absolute atomic E-state index is 0.0316. The molecule has 4 unspecified atom stereocenters. The SMILES string of the molecule is CCNC(=NCC(C)Oc1ccccc1)NC1CC2CCC1O2. The molecular formula is C18H27N3O2. The highest BCUT2D eigenvalue weighted by molar-refractivity contribution is 5.80. The Bertz CT molecular complexity index is 520. The van der Waals surface area contributed by atoms with E-state index in [1.165, 1.54) is 6.42 Å². The van der Waals surface area contributed by atoms with Crippen molar-refractivity contribution in [1.29, 1.82) is 0 Å². The molecule has 23 heavy (non-hydrogen) atoms. The Hall–Kier alpha value is -1.75. The Morgan fingerprint density at radius 2 is 2.17 bits per heavy atom. The fourth-order valence-electron chi connectivity index (χ4n) is 3.27. The number of ether oxygens (including phenoxy) is 2. The molecule has 2 heterocycles. The second kappa shape index (κ2) is 7.68. The summed E-state index contributed by atoms with van der Waals surface area (Å²) < 4.78 is 11.8. The van der Waals surface area contributed by atoms with Gasteiger partial charge in [-0.25, -0.2) is 4.99 Å². The Kier molecular flexibility index (Phi) is 5.39. The van der Waals surface area contributed by atoms with Gasteiger partial charge in [-0.1, -0.05) is 18.2 Å². The molecule has 2 fully saturated rings. The van der Waals surface area contributed by atoms with Gasteiger partial charge in [0.1, 0.15) is 11.9 Å². The van der Waals surface area contributed by atoms with E-state index in [1.54, 1.807) is 0 Å². The fourth-order valence-corrected chi connectivity index (χ4v) is 3.27. The summed E-state index contributed by atoms with van der Waals surface area (Å²) >= 11 is 0. The maximum absolute atomic E-state index is 5.90. The Balaban J connectivity index is 1.51. The molecule has 0 saturated carbocycles. The van der Waals surface area contributed by atoms with E-state index in [2.05, 4.69) is 22.5 Å². The summed E-state index contributed by atoms with van der Waals surface area (Å²) in [5.41, 5.74) is 0. The zero-order valence-electron chi connectivity index (χ0n) is 14.0. The molecule has 5 heteroatoms. The molecule has 2 aliphatic heterocycles. The number of para-hydroxylation sites is 1. The highest BCUT2D eigenvalue weighted by atomic mass is 16.5. The van der Waals surface area contributed by atoms with Crippen LogP contribution in [-0.2, 0) is 4.74 Å². The maximum atomic E-state index is 5.90. The van der Waals surface area contributed by atoms with Crippen molar-refractivity contribution in [3.05, 3.63) is 30.3 Å². The number of aliphatic imine (C=N–C) groups is 1. The van der Waals surface area contributed by atoms with Gasteiger partial charge in [-0.3, -0.25) is 0 Å². The van der Waals surface area contributed by atoms with Crippen molar-refractivity contribution in [2.75, 3.05) is 13.1 Å². The largest absolute Gasteiger partial charge is 0.489 e. The smallest absolute Gasteiger partial charge is 0.191 e. The second-order valence-electron chi connectivity index (χ2n) is 6.32. The number of guanidine groups is 1. The van der Waals surface area contributed by atoms with Crippen molar-refractivity contribution >= 4 is 5.96 Å². The molecule has 5 nitrogen and oxygen atoms in total. The Labute approximate surface area is 138 Å². The summed E-state index contributed by atoms with van der Waals surface area (Å²) in [6.45, 7) is 5.59. The second-order valence-corrected chi connectivity index (χ2v) is 6.32. The van der Waals surface area contributed by atoms with Crippen LogP contribution in [0.5, 0.6) is 5.75 Å². The lowest BCUT2D eigenvalue weighted by atomic mass is 9.96. The van der Waals surface area contributed by atoms with Crippen molar-refractivity contribution < 1.29 is 9.47 Å². The number of nitrogens with one attached hydrogen (secondary N) is 2. The van der Waals surface area contributed by atoms with Gasteiger partial charge >= 0.3 is 0 Å². The third-order valence-electron chi connectivity index (χ3n) is 4.36. The first-order valence-corrected chi connectivity index (χ1v) is 8.66. The Morgan fingerprint density at radius 3 is 2.83 bits per heavy atom. The van der Waals surface area contributed by atoms with Gasteiger partial charge in [-0.2, -0.15) is 0 Å². The van der Waals surface area contributed by atoms with Crippen LogP contribution >= 0.6 is 0 Å². The molecule has 2 N–H and O–H groups in total. The zero-order valence-corrected chi connectivity index (χ0v) is 14.0. The number of hydrogen-bond acceptors (Lipinski definition) is 3. The van der Waals surface area contributed by atoms with E-state index in [4.69, 9.17) is 9.47 Å². The minimum Gasteiger partial charge on any atom is -0.489 e. The molecule has 4 atom stereocenters. The van der Waals surface area contributed by atoms with Crippen molar-refractivity contribution in [1.82, 2.24) is 10.6 Å². The zero-order chi connectivity index (χ0) is 16.1. The average Bonchev–Trinajstić information content (AvgIpc) is 3.16. The topological polar surface area (TPSA) is 54.9 Å². The summed E-state index contributed by atoms with van der Waals surface area (Å²) in [5.74, 6) is 1.74. The van der Waals surface area contributed by atoms with Crippen molar-refractivity contribution in [3.8, 4) is 5.75 Å². The van der Waals surface area contributed by atoms with Gasteiger partial charge in [0.15, 0.2) is 5.96 Å².